The first kappa shape index (κ1) is 23.5. The van der Waals surface area contributed by atoms with Crippen LogP contribution in [-0.4, -0.2) is 39.6 Å². The van der Waals surface area contributed by atoms with Crippen molar-refractivity contribution in [2.24, 2.45) is 0 Å². The molecule has 0 N–H and O–H groups in total. The number of hydrogen-bond acceptors (Lipinski definition) is 8. The van der Waals surface area contributed by atoms with E-state index in [0.29, 0.717) is 62.3 Å². The van der Waals surface area contributed by atoms with E-state index < -0.39 is 0 Å². The van der Waals surface area contributed by atoms with Gasteiger partial charge in [-0.05, 0) is 49.2 Å². The van der Waals surface area contributed by atoms with E-state index in [9.17, 15) is 9.59 Å². The van der Waals surface area contributed by atoms with Gasteiger partial charge < -0.3 is 27.8 Å². The molecular weight excluding hydrogens is 440 g/mol. The Hall–Kier alpha value is -3.62. The van der Waals surface area contributed by atoms with Crippen LogP contribution < -0.4 is 20.7 Å². The first-order valence-electron chi connectivity index (χ1n) is 11.0. The van der Waals surface area contributed by atoms with E-state index in [-0.39, 0.29) is 11.3 Å². The van der Waals surface area contributed by atoms with Gasteiger partial charge >= 0.3 is 11.3 Å². The topological polar surface area (TPSA) is 97.3 Å². The molecule has 34 heavy (non-hydrogen) atoms. The summed E-state index contributed by atoms with van der Waals surface area (Å²) >= 11 is 0. The Morgan fingerprint density at radius 1 is 0.588 bits per heavy atom. The summed E-state index contributed by atoms with van der Waals surface area (Å²) in [5.41, 5.74) is 1.98. The van der Waals surface area contributed by atoms with E-state index in [0.717, 1.165) is 21.9 Å². The minimum Gasteiger partial charge on any atom is -0.491 e. The molecule has 0 atom stereocenters. The highest BCUT2D eigenvalue weighted by atomic mass is 16.6. The van der Waals surface area contributed by atoms with E-state index in [1.807, 2.05) is 38.1 Å². The molecule has 4 rings (SSSR count). The summed E-state index contributed by atoms with van der Waals surface area (Å²) in [5, 5.41) is 1.76. The van der Waals surface area contributed by atoms with Crippen LogP contribution >= 0.6 is 0 Å². The second-order valence-corrected chi connectivity index (χ2v) is 7.73. The van der Waals surface area contributed by atoms with Gasteiger partial charge in [-0.2, -0.15) is 0 Å². The van der Waals surface area contributed by atoms with Crippen molar-refractivity contribution in [1.29, 1.82) is 0 Å². The number of hydrogen-bond donors (Lipinski definition) is 0. The standard InChI is InChI=1S/C26H26O8/c1-17-13-25(27)33-23-15-19(3-5-21(17)23)31-11-9-29-7-8-30-10-12-32-20-4-6-22-18(2)14-26(28)34-24(22)16-20/h3-6,13-16H,7-12H2,1-2H3. The van der Waals surface area contributed by atoms with Crippen molar-refractivity contribution in [2.45, 2.75) is 13.8 Å². The molecular formula is C26H26O8. The van der Waals surface area contributed by atoms with Crippen LogP contribution in [0.1, 0.15) is 11.1 Å². The minimum absolute atomic E-state index is 0.363. The predicted molar refractivity (Wildman–Crippen MR) is 127 cm³/mol. The summed E-state index contributed by atoms with van der Waals surface area (Å²) in [4.78, 5) is 23.0. The van der Waals surface area contributed by atoms with E-state index in [2.05, 4.69) is 0 Å². The van der Waals surface area contributed by atoms with Crippen molar-refractivity contribution < 1.29 is 27.8 Å². The van der Waals surface area contributed by atoms with Gasteiger partial charge in [-0.25, -0.2) is 9.59 Å². The second kappa shape index (κ2) is 11.0. The normalized spacial score (nSPS) is 11.2. The lowest BCUT2D eigenvalue weighted by Gasteiger charge is -2.10. The molecule has 0 saturated heterocycles. The van der Waals surface area contributed by atoms with Crippen molar-refractivity contribution >= 4 is 21.9 Å². The Labute approximate surface area is 195 Å². The highest BCUT2D eigenvalue weighted by Gasteiger charge is 2.05. The molecule has 2 heterocycles. The second-order valence-electron chi connectivity index (χ2n) is 7.73. The molecule has 0 amide bonds. The van der Waals surface area contributed by atoms with E-state index in [1.165, 1.54) is 12.1 Å². The summed E-state index contributed by atoms with van der Waals surface area (Å²) in [6.07, 6.45) is 0. The van der Waals surface area contributed by atoms with Gasteiger partial charge in [0.25, 0.3) is 0 Å². The maximum atomic E-state index is 11.5. The third kappa shape index (κ3) is 6.03. The fourth-order valence-electron chi connectivity index (χ4n) is 3.55. The molecule has 2 aromatic heterocycles. The number of rotatable bonds is 11. The largest absolute Gasteiger partial charge is 0.491 e. The molecule has 0 unspecified atom stereocenters. The van der Waals surface area contributed by atoms with Crippen LogP contribution in [0.3, 0.4) is 0 Å². The molecule has 0 aliphatic carbocycles. The van der Waals surface area contributed by atoms with Crippen LogP contribution in [0.15, 0.2) is 67.0 Å². The van der Waals surface area contributed by atoms with Crippen molar-refractivity contribution in [3.63, 3.8) is 0 Å². The summed E-state index contributed by atoms with van der Waals surface area (Å²) in [7, 11) is 0. The van der Waals surface area contributed by atoms with Crippen LogP contribution in [0.25, 0.3) is 21.9 Å². The third-order valence-corrected chi connectivity index (χ3v) is 5.21. The lowest BCUT2D eigenvalue weighted by molar-refractivity contribution is 0.0274. The molecule has 0 fully saturated rings. The maximum Gasteiger partial charge on any atom is 0.336 e. The van der Waals surface area contributed by atoms with Gasteiger partial charge in [0, 0.05) is 35.0 Å². The summed E-state index contributed by atoms with van der Waals surface area (Å²) in [5.74, 6) is 1.22. The Morgan fingerprint density at radius 3 is 1.44 bits per heavy atom. The third-order valence-electron chi connectivity index (χ3n) is 5.21. The lowest BCUT2D eigenvalue weighted by atomic mass is 10.1. The lowest BCUT2D eigenvalue weighted by Crippen LogP contribution is -2.13. The van der Waals surface area contributed by atoms with Gasteiger partial charge in [0.1, 0.15) is 35.9 Å². The number of aryl methyl sites for hydroxylation is 2. The highest BCUT2D eigenvalue weighted by molar-refractivity contribution is 5.81. The quantitative estimate of drug-likeness (QED) is 0.242. The SMILES string of the molecule is Cc1cc(=O)oc2cc(OCCOCCOCCOc3ccc4c(C)cc(=O)oc4c3)ccc12. The first-order chi connectivity index (χ1) is 16.5. The maximum absolute atomic E-state index is 11.5. The Kier molecular flexibility index (Phi) is 7.61. The Morgan fingerprint density at radius 2 is 1.00 bits per heavy atom. The van der Waals surface area contributed by atoms with Crippen LogP contribution in [0.4, 0.5) is 0 Å². The molecule has 4 aromatic rings. The van der Waals surface area contributed by atoms with Crippen LogP contribution in [-0.2, 0) is 9.47 Å². The van der Waals surface area contributed by atoms with Crippen molar-refractivity contribution in [3.05, 3.63) is 80.5 Å². The van der Waals surface area contributed by atoms with Gasteiger partial charge in [0.15, 0.2) is 0 Å². The molecule has 0 radical (unpaired) electrons. The van der Waals surface area contributed by atoms with Gasteiger partial charge in [0.05, 0.1) is 26.4 Å². The zero-order valence-corrected chi connectivity index (χ0v) is 19.1. The molecule has 0 spiro atoms. The molecule has 0 aliphatic rings. The highest BCUT2D eigenvalue weighted by Crippen LogP contribution is 2.23. The molecule has 8 nitrogen and oxygen atoms in total. The van der Waals surface area contributed by atoms with Crippen molar-refractivity contribution in [1.82, 2.24) is 0 Å². The number of benzene rings is 2. The smallest absolute Gasteiger partial charge is 0.336 e. The van der Waals surface area contributed by atoms with E-state index >= 15 is 0 Å². The zero-order valence-electron chi connectivity index (χ0n) is 19.1. The average Bonchev–Trinajstić information content (AvgIpc) is 2.79. The average molecular weight is 466 g/mol. The molecule has 178 valence electrons. The van der Waals surface area contributed by atoms with Gasteiger partial charge in [0.2, 0.25) is 0 Å². The van der Waals surface area contributed by atoms with E-state index in [1.54, 1.807) is 12.1 Å². The molecule has 2 aromatic carbocycles. The Bertz CT molecular complexity index is 1280. The van der Waals surface area contributed by atoms with Gasteiger partial charge in [-0.15, -0.1) is 0 Å². The van der Waals surface area contributed by atoms with Crippen LogP contribution in [0.2, 0.25) is 0 Å². The molecule has 0 bridgehead atoms. The zero-order chi connectivity index (χ0) is 23.9. The molecule has 8 heteroatoms. The number of fused-ring (bicyclic) bond motifs is 2. The van der Waals surface area contributed by atoms with Crippen molar-refractivity contribution in [2.75, 3.05) is 39.6 Å². The monoisotopic (exact) mass is 466 g/mol. The molecule has 0 aliphatic heterocycles. The van der Waals surface area contributed by atoms with Crippen LogP contribution in [0, 0.1) is 13.8 Å². The first-order valence-corrected chi connectivity index (χ1v) is 11.0. The fraction of sp³-hybridized carbons (Fsp3) is 0.308. The summed E-state index contributed by atoms with van der Waals surface area (Å²) in [6.45, 7) is 6.11. The van der Waals surface area contributed by atoms with Crippen LogP contribution in [0.5, 0.6) is 11.5 Å². The predicted octanol–water partition coefficient (Wildman–Crippen LogP) is 4.01. The van der Waals surface area contributed by atoms with Gasteiger partial charge in [-0.1, -0.05) is 0 Å². The van der Waals surface area contributed by atoms with Crippen molar-refractivity contribution in [3.8, 4) is 11.5 Å². The Balaban J connectivity index is 1.10. The van der Waals surface area contributed by atoms with E-state index in [4.69, 9.17) is 27.8 Å². The summed E-state index contributed by atoms with van der Waals surface area (Å²) < 4.78 is 32.8. The fourth-order valence-corrected chi connectivity index (χ4v) is 3.55. The number of ether oxygens (including phenoxy) is 4. The summed E-state index contributed by atoms with van der Waals surface area (Å²) in [6, 6.07) is 13.8. The molecule has 0 saturated carbocycles. The van der Waals surface area contributed by atoms with Gasteiger partial charge in [-0.3, -0.25) is 0 Å². The minimum atomic E-state index is -0.378.